The van der Waals surface area contributed by atoms with Crippen LogP contribution in [0.25, 0.3) is 0 Å². The number of likely N-dealkylation sites (tertiary alicyclic amines) is 1. The Labute approximate surface area is 121 Å². The Bertz CT molecular complexity index is 574. The van der Waals surface area contributed by atoms with Gasteiger partial charge in [-0.05, 0) is 12.1 Å². The highest BCUT2D eigenvalue weighted by Gasteiger charge is 2.38. The van der Waals surface area contributed by atoms with Gasteiger partial charge < -0.3 is 19.5 Å². The molecule has 1 fully saturated rings. The van der Waals surface area contributed by atoms with E-state index in [4.69, 9.17) is 14.2 Å². The number of benzene rings is 1. The van der Waals surface area contributed by atoms with E-state index in [-0.39, 0.29) is 31.6 Å². The summed E-state index contributed by atoms with van der Waals surface area (Å²) in [6.45, 7) is 0.826. The maximum absolute atomic E-state index is 12.2. The number of carbonyl (C=O) groups excluding carboxylic acids is 2. The molecule has 7 nitrogen and oxygen atoms in total. The van der Waals surface area contributed by atoms with Gasteiger partial charge in [0.1, 0.15) is 6.04 Å². The van der Waals surface area contributed by atoms with E-state index in [1.54, 1.807) is 18.2 Å². The molecule has 1 aromatic carbocycles. The Balaban J connectivity index is 1.68. The van der Waals surface area contributed by atoms with E-state index < -0.39 is 6.04 Å². The number of carbonyl (C=O) groups is 2. The van der Waals surface area contributed by atoms with Crippen LogP contribution in [0, 0.1) is 0 Å². The second kappa shape index (κ2) is 5.61. The van der Waals surface area contributed by atoms with Gasteiger partial charge in [0.15, 0.2) is 11.5 Å². The number of imide groups is 1. The molecule has 0 unspecified atom stereocenters. The normalized spacial score (nSPS) is 20.2. The van der Waals surface area contributed by atoms with Crippen LogP contribution in [0.15, 0.2) is 18.2 Å². The van der Waals surface area contributed by atoms with Gasteiger partial charge in [-0.1, -0.05) is 0 Å². The minimum absolute atomic E-state index is 0.150. The van der Waals surface area contributed by atoms with Crippen LogP contribution in [0.1, 0.15) is 6.42 Å². The molecule has 0 radical (unpaired) electrons. The van der Waals surface area contributed by atoms with Gasteiger partial charge >= 0.3 is 0 Å². The summed E-state index contributed by atoms with van der Waals surface area (Å²) >= 11 is 0. The third-order valence-electron chi connectivity index (χ3n) is 3.48. The summed E-state index contributed by atoms with van der Waals surface area (Å²) in [4.78, 5) is 25.3. The lowest BCUT2D eigenvalue weighted by molar-refractivity contribution is -0.139. The zero-order chi connectivity index (χ0) is 14.8. The van der Waals surface area contributed by atoms with Gasteiger partial charge in [-0.15, -0.1) is 0 Å². The zero-order valence-corrected chi connectivity index (χ0v) is 11.6. The maximum Gasteiger partial charge on any atom is 0.252 e. The summed E-state index contributed by atoms with van der Waals surface area (Å²) in [5, 5.41) is 3.07. The van der Waals surface area contributed by atoms with Crippen LogP contribution in [0.2, 0.25) is 0 Å². The molecule has 2 amide bonds. The number of methoxy groups -OCH3 is 1. The average molecular weight is 292 g/mol. The predicted molar refractivity (Wildman–Crippen MR) is 73.2 cm³/mol. The lowest BCUT2D eigenvalue weighted by atomic mass is 10.2. The van der Waals surface area contributed by atoms with Gasteiger partial charge in [0, 0.05) is 18.9 Å². The first-order valence-electron chi connectivity index (χ1n) is 6.68. The summed E-state index contributed by atoms with van der Waals surface area (Å²) in [7, 11) is 1.54. The molecule has 2 heterocycles. The Morgan fingerprint density at radius 2 is 2.14 bits per heavy atom. The fraction of sp³-hybridized carbons (Fsp3) is 0.429. The van der Waals surface area contributed by atoms with E-state index in [1.807, 2.05) is 0 Å². The van der Waals surface area contributed by atoms with E-state index in [0.29, 0.717) is 18.1 Å². The number of nitrogens with one attached hydrogen (secondary N) is 1. The molecule has 1 aromatic rings. The van der Waals surface area contributed by atoms with Crippen molar-refractivity contribution in [3.05, 3.63) is 18.2 Å². The number of fused-ring (bicyclic) bond motifs is 1. The van der Waals surface area contributed by atoms with Crippen LogP contribution < -0.4 is 14.8 Å². The van der Waals surface area contributed by atoms with Crippen molar-refractivity contribution < 1.29 is 23.8 Å². The number of nitrogens with zero attached hydrogens (tertiary/aromatic N) is 1. The summed E-state index contributed by atoms with van der Waals surface area (Å²) in [6.07, 6.45) is 0.150. The van der Waals surface area contributed by atoms with Crippen LogP contribution in [0.4, 0.5) is 5.69 Å². The first-order chi connectivity index (χ1) is 10.2. The molecule has 1 N–H and O–H groups in total. The molecule has 0 aromatic heterocycles. The Kier molecular flexibility index (Phi) is 3.66. The van der Waals surface area contributed by atoms with Crippen LogP contribution in [-0.4, -0.2) is 49.8 Å². The lowest BCUT2D eigenvalue weighted by Crippen LogP contribution is -2.36. The number of amides is 2. The van der Waals surface area contributed by atoms with Crippen molar-refractivity contribution in [1.82, 2.24) is 4.90 Å². The van der Waals surface area contributed by atoms with Crippen molar-refractivity contribution in [3.63, 3.8) is 0 Å². The van der Waals surface area contributed by atoms with Gasteiger partial charge in [-0.3, -0.25) is 14.5 Å². The van der Waals surface area contributed by atoms with E-state index in [9.17, 15) is 9.59 Å². The number of ether oxygens (including phenoxy) is 3. The molecule has 0 saturated carbocycles. The monoisotopic (exact) mass is 292 g/mol. The smallest absolute Gasteiger partial charge is 0.252 e. The van der Waals surface area contributed by atoms with E-state index in [0.717, 1.165) is 5.69 Å². The lowest BCUT2D eigenvalue weighted by Gasteiger charge is -2.15. The molecule has 21 heavy (non-hydrogen) atoms. The number of hydrogen-bond donors (Lipinski definition) is 1. The van der Waals surface area contributed by atoms with Crippen molar-refractivity contribution in [1.29, 1.82) is 0 Å². The SMILES string of the molecule is COCCN1C(=O)C[C@H](Nc2ccc3c(c2)OCO3)C1=O. The molecule has 2 aliphatic heterocycles. The molecule has 1 atom stereocenters. The highest BCUT2D eigenvalue weighted by Crippen LogP contribution is 2.34. The maximum atomic E-state index is 12.2. The van der Waals surface area contributed by atoms with Crippen LogP contribution in [-0.2, 0) is 14.3 Å². The van der Waals surface area contributed by atoms with Gasteiger partial charge in [0.2, 0.25) is 12.7 Å². The highest BCUT2D eigenvalue weighted by atomic mass is 16.7. The minimum atomic E-state index is -0.547. The summed E-state index contributed by atoms with van der Waals surface area (Å²) in [6, 6.07) is 4.78. The second-order valence-corrected chi connectivity index (χ2v) is 4.85. The van der Waals surface area contributed by atoms with Crippen LogP contribution >= 0.6 is 0 Å². The van der Waals surface area contributed by atoms with Crippen LogP contribution in [0.3, 0.4) is 0 Å². The van der Waals surface area contributed by atoms with E-state index in [2.05, 4.69) is 5.32 Å². The van der Waals surface area contributed by atoms with Crippen molar-refractivity contribution >= 4 is 17.5 Å². The van der Waals surface area contributed by atoms with Gasteiger partial charge in [-0.2, -0.15) is 0 Å². The van der Waals surface area contributed by atoms with Gasteiger partial charge in [0.05, 0.1) is 19.6 Å². The molecule has 0 spiro atoms. The predicted octanol–water partition coefficient (Wildman–Crippen LogP) is 0.601. The molecule has 3 rings (SSSR count). The second-order valence-electron chi connectivity index (χ2n) is 4.85. The number of rotatable bonds is 5. The van der Waals surface area contributed by atoms with Crippen molar-refractivity contribution in [2.75, 3.05) is 32.4 Å². The average Bonchev–Trinajstić information content (AvgIpc) is 3.03. The van der Waals surface area contributed by atoms with Crippen molar-refractivity contribution in [2.24, 2.45) is 0 Å². The van der Waals surface area contributed by atoms with E-state index in [1.165, 1.54) is 12.0 Å². The summed E-state index contributed by atoms with van der Waals surface area (Å²) in [5.41, 5.74) is 0.721. The third kappa shape index (κ3) is 2.64. The Morgan fingerprint density at radius 3 is 2.95 bits per heavy atom. The first-order valence-corrected chi connectivity index (χ1v) is 6.68. The molecule has 0 bridgehead atoms. The zero-order valence-electron chi connectivity index (χ0n) is 11.6. The summed E-state index contributed by atoms with van der Waals surface area (Å²) < 4.78 is 15.4. The van der Waals surface area contributed by atoms with Gasteiger partial charge in [-0.25, -0.2) is 0 Å². The molecule has 1 saturated heterocycles. The van der Waals surface area contributed by atoms with Crippen molar-refractivity contribution in [2.45, 2.75) is 12.5 Å². The number of hydrogen-bond acceptors (Lipinski definition) is 6. The largest absolute Gasteiger partial charge is 0.454 e. The third-order valence-corrected chi connectivity index (χ3v) is 3.48. The topological polar surface area (TPSA) is 77.1 Å². The Morgan fingerprint density at radius 1 is 1.33 bits per heavy atom. The Hall–Kier alpha value is -2.28. The molecule has 112 valence electrons. The highest BCUT2D eigenvalue weighted by molar-refractivity contribution is 6.06. The molecule has 0 aliphatic carbocycles. The summed E-state index contributed by atoms with van der Waals surface area (Å²) in [5.74, 6) is 0.897. The molecule has 7 heteroatoms. The molecular formula is C14H16N2O5. The fourth-order valence-electron chi connectivity index (χ4n) is 2.40. The van der Waals surface area contributed by atoms with E-state index >= 15 is 0 Å². The van der Waals surface area contributed by atoms with Crippen molar-refractivity contribution in [3.8, 4) is 11.5 Å². The first kappa shape index (κ1) is 13.7. The van der Waals surface area contributed by atoms with Gasteiger partial charge in [0.25, 0.3) is 5.91 Å². The standard InChI is InChI=1S/C14H16N2O5/c1-19-5-4-16-13(17)7-10(14(16)18)15-9-2-3-11-12(6-9)21-8-20-11/h2-3,6,10,15H,4-5,7-8H2,1H3/t10-/m0/s1. The fourth-order valence-corrected chi connectivity index (χ4v) is 2.40. The quantitative estimate of drug-likeness (QED) is 0.801. The molecular weight excluding hydrogens is 276 g/mol. The molecule has 2 aliphatic rings. The van der Waals surface area contributed by atoms with Crippen LogP contribution in [0.5, 0.6) is 11.5 Å². The minimum Gasteiger partial charge on any atom is -0.454 e. The number of anilines is 1.